The molecule has 2 fully saturated rings. The lowest BCUT2D eigenvalue weighted by Crippen LogP contribution is -2.47. The van der Waals surface area contributed by atoms with Crippen LogP contribution in [-0.4, -0.2) is 61.3 Å². The summed E-state index contributed by atoms with van der Waals surface area (Å²) in [7, 11) is -3.86. The molecule has 4 heterocycles. The Hall–Kier alpha value is -1.82. The molecule has 0 radical (unpaired) electrons. The van der Waals surface area contributed by atoms with E-state index in [1.54, 1.807) is 25.3 Å². The van der Waals surface area contributed by atoms with Crippen molar-refractivity contribution in [3.8, 4) is 0 Å². The van der Waals surface area contributed by atoms with Gasteiger partial charge < -0.3 is 15.2 Å². The van der Waals surface area contributed by atoms with Crippen LogP contribution >= 0.6 is 19.3 Å². The van der Waals surface area contributed by atoms with Gasteiger partial charge in [0.25, 0.3) is 0 Å². The van der Waals surface area contributed by atoms with E-state index in [4.69, 9.17) is 35.9 Å². The fourth-order valence-electron chi connectivity index (χ4n) is 3.59. The summed E-state index contributed by atoms with van der Waals surface area (Å²) >= 11 is 6.86. The van der Waals surface area contributed by atoms with Crippen molar-refractivity contribution in [3.63, 3.8) is 0 Å². The fraction of sp³-hybridized carbons (Fsp3) is 0.647. The Kier molecular flexibility index (Phi) is 5.74. The van der Waals surface area contributed by atoms with Crippen molar-refractivity contribution in [2.75, 3.05) is 12.3 Å². The summed E-state index contributed by atoms with van der Waals surface area (Å²) in [5, 5.41) is 2.60. The minimum absolute atomic E-state index is 0.0521. The summed E-state index contributed by atoms with van der Waals surface area (Å²) in [5.41, 5.74) is 6.71. The second kappa shape index (κ2) is 7.95. The number of ether oxygens (including phenoxy) is 2. The van der Waals surface area contributed by atoms with E-state index in [0.717, 1.165) is 0 Å². The first-order chi connectivity index (χ1) is 14.5. The van der Waals surface area contributed by atoms with Gasteiger partial charge in [0.15, 0.2) is 17.7 Å². The van der Waals surface area contributed by atoms with Crippen LogP contribution in [0.2, 0.25) is 0 Å². The first-order valence-electron chi connectivity index (χ1n) is 9.70. The number of nitrogens with one attached hydrogen (secondary N) is 1. The molecule has 0 unspecified atom stereocenters. The van der Waals surface area contributed by atoms with Crippen LogP contribution in [0.5, 0.6) is 0 Å². The minimum atomic E-state index is -3.86. The topological polar surface area (TPSA) is 153 Å². The number of carbonyl (C=O) groups excluding carboxylic acids is 1. The molecule has 0 amide bonds. The normalized spacial score (nSPS) is 34.1. The van der Waals surface area contributed by atoms with Gasteiger partial charge in [-0.15, -0.1) is 11.6 Å². The highest BCUT2D eigenvalue weighted by Gasteiger charge is 2.60. The zero-order chi connectivity index (χ0) is 22.6. The van der Waals surface area contributed by atoms with Crippen LogP contribution in [0.25, 0.3) is 11.2 Å². The molecule has 170 valence electrons. The maximum Gasteiger partial charge on any atom is 0.406 e. The highest BCUT2D eigenvalue weighted by Crippen LogP contribution is 2.57. The maximum atomic E-state index is 13.2. The molecule has 0 spiro atoms. The van der Waals surface area contributed by atoms with Crippen LogP contribution in [0.4, 0.5) is 5.82 Å². The molecule has 4 rings (SSSR count). The molecule has 0 saturated carbocycles. The molecular formula is C17H24ClN6O6P. The van der Waals surface area contributed by atoms with Crippen LogP contribution in [-0.2, 0) is 27.9 Å². The number of nitrogens with zero attached hydrogens (tertiary/aromatic N) is 4. The van der Waals surface area contributed by atoms with Gasteiger partial charge in [-0.25, -0.2) is 24.6 Å². The Balaban J connectivity index is 1.55. The van der Waals surface area contributed by atoms with E-state index in [9.17, 15) is 9.36 Å². The van der Waals surface area contributed by atoms with Gasteiger partial charge in [0.2, 0.25) is 0 Å². The van der Waals surface area contributed by atoms with Crippen molar-refractivity contribution in [2.45, 2.75) is 63.2 Å². The van der Waals surface area contributed by atoms with E-state index >= 15 is 0 Å². The molecular weight excluding hydrogens is 451 g/mol. The molecule has 0 bridgehead atoms. The van der Waals surface area contributed by atoms with E-state index in [-0.39, 0.29) is 18.5 Å². The number of fused-ring (bicyclic) bond motifs is 2. The molecule has 12 nitrogen and oxygen atoms in total. The third kappa shape index (κ3) is 4.04. The number of hydrogen-bond donors (Lipinski definition) is 2. The number of halogens is 1. The van der Waals surface area contributed by atoms with Crippen LogP contribution in [0.1, 0.15) is 33.9 Å². The number of rotatable bonds is 5. The predicted molar refractivity (Wildman–Crippen MR) is 110 cm³/mol. The Labute approximate surface area is 183 Å². The second-order valence-electron chi connectivity index (χ2n) is 7.92. The average molecular weight is 475 g/mol. The van der Waals surface area contributed by atoms with Gasteiger partial charge in [-0.3, -0.25) is 18.4 Å². The number of esters is 1. The first kappa shape index (κ1) is 22.4. The second-order valence-corrected chi connectivity index (χ2v) is 10.5. The summed E-state index contributed by atoms with van der Waals surface area (Å²) in [6.45, 7) is 6.60. The zero-order valence-electron chi connectivity index (χ0n) is 17.4. The highest BCUT2D eigenvalue weighted by molar-refractivity contribution is 7.51. The molecule has 2 saturated heterocycles. The molecule has 14 heteroatoms. The molecule has 0 aromatic carbocycles. The smallest absolute Gasteiger partial charge is 0.406 e. The Morgan fingerprint density at radius 2 is 2.16 bits per heavy atom. The Morgan fingerprint density at radius 1 is 1.42 bits per heavy atom. The highest BCUT2D eigenvalue weighted by atomic mass is 35.5. The summed E-state index contributed by atoms with van der Waals surface area (Å²) in [4.78, 5) is 23.3. The lowest BCUT2D eigenvalue weighted by molar-refractivity contribution is -0.149. The van der Waals surface area contributed by atoms with Gasteiger partial charge in [-0.1, -0.05) is 0 Å². The van der Waals surface area contributed by atoms with Gasteiger partial charge in [0, 0.05) is 0 Å². The maximum absolute atomic E-state index is 13.2. The van der Waals surface area contributed by atoms with Crippen LogP contribution in [0.15, 0.2) is 12.7 Å². The van der Waals surface area contributed by atoms with E-state index < -0.39 is 43.1 Å². The van der Waals surface area contributed by atoms with Crippen molar-refractivity contribution in [1.82, 2.24) is 24.6 Å². The molecule has 6 atom stereocenters. The monoisotopic (exact) mass is 474 g/mol. The first-order valence-corrected chi connectivity index (χ1v) is 11.6. The molecule has 2 aliphatic heterocycles. The zero-order valence-corrected chi connectivity index (χ0v) is 19.0. The number of imidazole rings is 1. The molecule has 31 heavy (non-hydrogen) atoms. The minimum Gasteiger partial charge on any atom is -0.462 e. The average Bonchev–Trinajstić information content (AvgIpc) is 3.21. The number of nitrogen functional groups attached to an aromatic ring is 1. The molecule has 2 aromatic rings. The summed E-state index contributed by atoms with van der Waals surface area (Å²) < 4.78 is 37.2. The van der Waals surface area contributed by atoms with Crippen LogP contribution in [0.3, 0.4) is 0 Å². The standard InChI is InChI=1S/C17H24ClN6O6P/c1-8(2)28-15(25)9(3)23-31(26)27-5-10-12(30-31)17(4,18)16(29-10)24-7-22-11-13(19)20-6-21-14(11)24/h6-10,12,16H,5H2,1-4H3,(H,23,26)(H2,19,20,21)/t9-,10-,12-,16-,17-,31+/m1/s1. The number of carbonyl (C=O) groups is 1. The van der Waals surface area contributed by atoms with E-state index in [1.165, 1.54) is 19.6 Å². The van der Waals surface area contributed by atoms with Gasteiger partial charge >= 0.3 is 13.7 Å². The number of aromatic nitrogens is 4. The van der Waals surface area contributed by atoms with Crippen molar-refractivity contribution in [3.05, 3.63) is 12.7 Å². The van der Waals surface area contributed by atoms with Gasteiger partial charge in [-0.2, -0.15) is 0 Å². The van der Waals surface area contributed by atoms with Crippen molar-refractivity contribution in [1.29, 1.82) is 0 Å². The summed E-state index contributed by atoms with van der Waals surface area (Å²) in [6.07, 6.45) is 0.331. The third-order valence-electron chi connectivity index (χ3n) is 5.04. The number of nitrogens with two attached hydrogens (primary N) is 1. The Morgan fingerprint density at radius 3 is 2.87 bits per heavy atom. The Bertz CT molecular complexity index is 1050. The molecule has 3 N–H and O–H groups in total. The summed E-state index contributed by atoms with van der Waals surface area (Å²) in [6, 6.07) is -0.915. The molecule has 2 aliphatic rings. The largest absolute Gasteiger partial charge is 0.462 e. The quantitative estimate of drug-likeness (QED) is 0.370. The summed E-state index contributed by atoms with van der Waals surface area (Å²) in [5.74, 6) is -0.345. The third-order valence-corrected chi connectivity index (χ3v) is 7.14. The van der Waals surface area contributed by atoms with Crippen molar-refractivity contribution >= 4 is 42.3 Å². The molecule has 0 aliphatic carbocycles. The van der Waals surface area contributed by atoms with Gasteiger partial charge in [0.05, 0.1) is 19.0 Å². The lowest BCUT2D eigenvalue weighted by atomic mass is 10.0. The fourth-order valence-corrected chi connectivity index (χ4v) is 5.77. The number of alkyl halides is 1. The van der Waals surface area contributed by atoms with Crippen LogP contribution < -0.4 is 10.8 Å². The number of anilines is 1. The van der Waals surface area contributed by atoms with E-state index in [0.29, 0.717) is 11.2 Å². The van der Waals surface area contributed by atoms with E-state index in [2.05, 4.69) is 20.0 Å². The van der Waals surface area contributed by atoms with E-state index in [1.807, 2.05) is 0 Å². The van der Waals surface area contributed by atoms with Gasteiger partial charge in [-0.05, 0) is 27.7 Å². The molecule has 2 aromatic heterocycles. The van der Waals surface area contributed by atoms with Crippen molar-refractivity contribution in [2.24, 2.45) is 0 Å². The number of hydrogen-bond acceptors (Lipinski definition) is 10. The van der Waals surface area contributed by atoms with Crippen LogP contribution in [0, 0.1) is 0 Å². The van der Waals surface area contributed by atoms with Crippen molar-refractivity contribution < 1.29 is 27.9 Å². The van der Waals surface area contributed by atoms with Gasteiger partial charge in [0.1, 0.15) is 35.0 Å². The lowest BCUT2D eigenvalue weighted by Gasteiger charge is -2.36. The SMILES string of the molecule is CC(C)OC(=O)[C@@H](C)N[P@]1(=O)OC[C@H]2O[C@@H](n3cnc4c(N)ncnc43)[C@](C)(Cl)[C@@H]2O1. The predicted octanol–water partition coefficient (Wildman–Crippen LogP) is 1.76.